The van der Waals surface area contributed by atoms with Crippen molar-refractivity contribution in [3.8, 4) is 0 Å². The number of nitrogens with one attached hydrogen (secondary N) is 2. The molecule has 0 heterocycles. The van der Waals surface area contributed by atoms with Crippen LogP contribution in [-0.2, 0) is 11.0 Å². The highest BCUT2D eigenvalue weighted by atomic mass is 19.4. The van der Waals surface area contributed by atoms with Gasteiger partial charge >= 0.3 is 6.18 Å². The van der Waals surface area contributed by atoms with Crippen molar-refractivity contribution >= 4 is 28.6 Å². The molecular weight excluding hydrogens is 369 g/mol. The van der Waals surface area contributed by atoms with Crippen LogP contribution >= 0.6 is 0 Å². The van der Waals surface area contributed by atoms with Gasteiger partial charge < -0.3 is 11.1 Å². The Hall–Kier alpha value is -3.68. The van der Waals surface area contributed by atoms with Gasteiger partial charge in [-0.2, -0.15) is 13.2 Å². The first kappa shape index (κ1) is 20.6. The number of para-hydroxylation sites is 1. The SMILES string of the molecule is N=C(C(=O)/C=C\Nc1ccc(C(F)(F)F)cc1)C(C=CN)=Nc1ccccc1. The van der Waals surface area contributed by atoms with Crippen LogP contribution in [0.15, 0.2) is 84.1 Å². The zero-order chi connectivity index (χ0) is 20.6. The molecule has 144 valence electrons. The summed E-state index contributed by atoms with van der Waals surface area (Å²) < 4.78 is 37.6. The number of ketones is 1. The van der Waals surface area contributed by atoms with Gasteiger partial charge in [0.2, 0.25) is 5.78 Å². The fourth-order valence-electron chi connectivity index (χ4n) is 2.09. The minimum atomic E-state index is -4.41. The van der Waals surface area contributed by atoms with E-state index >= 15 is 0 Å². The van der Waals surface area contributed by atoms with Crippen LogP contribution in [0.5, 0.6) is 0 Å². The van der Waals surface area contributed by atoms with Gasteiger partial charge in [-0.15, -0.1) is 0 Å². The normalized spacial score (nSPS) is 12.5. The number of halogens is 3. The second kappa shape index (κ2) is 9.31. The van der Waals surface area contributed by atoms with E-state index in [0.717, 1.165) is 18.2 Å². The van der Waals surface area contributed by atoms with Gasteiger partial charge in [-0.25, -0.2) is 4.99 Å². The third-order valence-corrected chi connectivity index (χ3v) is 3.46. The maximum atomic E-state index is 12.5. The number of nitrogens with two attached hydrogens (primary N) is 1. The predicted octanol–water partition coefficient (Wildman–Crippen LogP) is 4.46. The number of hydrogen-bond donors (Lipinski definition) is 3. The number of anilines is 1. The average molecular weight is 386 g/mol. The molecule has 2 aromatic carbocycles. The standard InChI is InChI=1S/C20H17F3N4O/c21-20(22,23)14-6-8-15(9-7-14)26-13-11-18(28)19(25)17(10-12-24)27-16-4-2-1-3-5-16/h1-13,25-26H,24H2/b12-10?,13-11-,25-19?,27-17?. The molecule has 2 rings (SSSR count). The van der Waals surface area contributed by atoms with Crippen LogP contribution in [0.3, 0.4) is 0 Å². The van der Waals surface area contributed by atoms with Gasteiger partial charge in [0.05, 0.1) is 17.0 Å². The number of aliphatic imine (C=N–C) groups is 1. The summed E-state index contributed by atoms with van der Waals surface area (Å²) in [7, 11) is 0. The summed E-state index contributed by atoms with van der Waals surface area (Å²) in [6.07, 6.45) is 0.430. The Labute approximate surface area is 159 Å². The summed E-state index contributed by atoms with van der Waals surface area (Å²) >= 11 is 0. The summed E-state index contributed by atoms with van der Waals surface area (Å²) in [5.74, 6) is -0.646. The lowest BCUT2D eigenvalue weighted by Crippen LogP contribution is -2.20. The molecular formula is C20H17F3N4O. The fraction of sp³-hybridized carbons (Fsp3) is 0.0500. The highest BCUT2D eigenvalue weighted by molar-refractivity contribution is 6.70. The molecule has 28 heavy (non-hydrogen) atoms. The average Bonchev–Trinajstić information content (AvgIpc) is 2.67. The van der Waals surface area contributed by atoms with Gasteiger partial charge in [0.1, 0.15) is 5.71 Å². The fourth-order valence-corrected chi connectivity index (χ4v) is 2.09. The Morgan fingerprint density at radius 1 is 1.04 bits per heavy atom. The molecule has 5 nitrogen and oxygen atoms in total. The summed E-state index contributed by atoms with van der Waals surface area (Å²) in [5, 5.41) is 10.7. The second-order valence-electron chi connectivity index (χ2n) is 5.48. The van der Waals surface area contributed by atoms with Gasteiger partial charge in [-0.05, 0) is 48.7 Å². The summed E-state index contributed by atoms with van der Waals surface area (Å²) in [6.45, 7) is 0. The summed E-state index contributed by atoms with van der Waals surface area (Å²) in [6, 6.07) is 13.1. The van der Waals surface area contributed by atoms with Crippen molar-refractivity contribution < 1.29 is 18.0 Å². The molecule has 0 spiro atoms. The third kappa shape index (κ3) is 5.94. The van der Waals surface area contributed by atoms with Gasteiger partial charge in [-0.3, -0.25) is 10.2 Å². The Morgan fingerprint density at radius 2 is 1.68 bits per heavy atom. The van der Waals surface area contributed by atoms with E-state index in [1.807, 2.05) is 6.07 Å². The first-order valence-electron chi connectivity index (χ1n) is 8.07. The second-order valence-corrected chi connectivity index (χ2v) is 5.48. The van der Waals surface area contributed by atoms with Crippen molar-refractivity contribution in [2.45, 2.75) is 6.18 Å². The van der Waals surface area contributed by atoms with Gasteiger partial charge in [0.25, 0.3) is 0 Å². The van der Waals surface area contributed by atoms with Crippen LogP contribution in [0.25, 0.3) is 0 Å². The number of carbonyl (C=O) groups is 1. The van der Waals surface area contributed by atoms with Crippen LogP contribution in [0.1, 0.15) is 5.56 Å². The number of carbonyl (C=O) groups excluding carboxylic acids is 1. The quantitative estimate of drug-likeness (QED) is 0.484. The molecule has 0 aliphatic carbocycles. The number of allylic oxidation sites excluding steroid dienone is 2. The third-order valence-electron chi connectivity index (χ3n) is 3.46. The molecule has 4 N–H and O–H groups in total. The molecule has 0 radical (unpaired) electrons. The Kier molecular flexibility index (Phi) is 6.86. The summed E-state index contributed by atoms with van der Waals surface area (Å²) in [4.78, 5) is 16.4. The van der Waals surface area contributed by atoms with Gasteiger partial charge in [0, 0.05) is 18.0 Å². The zero-order valence-electron chi connectivity index (χ0n) is 14.6. The highest BCUT2D eigenvalue weighted by Gasteiger charge is 2.29. The first-order valence-corrected chi connectivity index (χ1v) is 8.07. The zero-order valence-corrected chi connectivity index (χ0v) is 14.6. The van der Waals surface area contributed by atoms with Crippen molar-refractivity contribution in [2.24, 2.45) is 10.7 Å². The Morgan fingerprint density at radius 3 is 2.25 bits per heavy atom. The molecule has 0 aliphatic rings. The van der Waals surface area contributed by atoms with Crippen molar-refractivity contribution in [1.82, 2.24) is 0 Å². The topological polar surface area (TPSA) is 91.3 Å². The molecule has 0 saturated carbocycles. The number of nitrogens with zero attached hydrogens (tertiary/aromatic N) is 1. The minimum absolute atomic E-state index is 0.0814. The van der Waals surface area contributed by atoms with Crippen molar-refractivity contribution in [2.75, 3.05) is 5.32 Å². The van der Waals surface area contributed by atoms with Crippen molar-refractivity contribution in [3.05, 3.63) is 84.7 Å². The molecule has 0 amide bonds. The molecule has 2 aromatic rings. The number of rotatable bonds is 7. The molecule has 0 aliphatic heterocycles. The van der Waals surface area contributed by atoms with E-state index in [-0.39, 0.29) is 11.4 Å². The van der Waals surface area contributed by atoms with E-state index in [2.05, 4.69) is 10.3 Å². The van der Waals surface area contributed by atoms with E-state index in [9.17, 15) is 18.0 Å². The van der Waals surface area contributed by atoms with Crippen LogP contribution in [0.4, 0.5) is 24.5 Å². The monoisotopic (exact) mass is 386 g/mol. The lowest BCUT2D eigenvalue weighted by atomic mass is 10.1. The lowest BCUT2D eigenvalue weighted by molar-refractivity contribution is -0.137. The molecule has 0 bridgehead atoms. The van der Waals surface area contributed by atoms with Gasteiger partial charge in [0.15, 0.2) is 0 Å². The maximum Gasteiger partial charge on any atom is 0.416 e. The van der Waals surface area contributed by atoms with Crippen LogP contribution in [0, 0.1) is 5.41 Å². The van der Waals surface area contributed by atoms with Crippen molar-refractivity contribution in [1.29, 1.82) is 5.41 Å². The highest BCUT2D eigenvalue weighted by Crippen LogP contribution is 2.29. The van der Waals surface area contributed by atoms with E-state index < -0.39 is 17.5 Å². The smallest absolute Gasteiger partial charge is 0.405 e. The number of alkyl halides is 3. The predicted molar refractivity (Wildman–Crippen MR) is 104 cm³/mol. The minimum Gasteiger partial charge on any atom is -0.405 e. The molecule has 0 aromatic heterocycles. The molecule has 8 heteroatoms. The number of benzene rings is 2. The van der Waals surface area contributed by atoms with E-state index in [1.54, 1.807) is 24.3 Å². The van der Waals surface area contributed by atoms with E-state index in [1.165, 1.54) is 30.6 Å². The summed E-state index contributed by atoms with van der Waals surface area (Å²) in [5.41, 5.74) is 5.21. The molecule has 0 atom stereocenters. The lowest BCUT2D eigenvalue weighted by Gasteiger charge is -2.07. The van der Waals surface area contributed by atoms with Crippen LogP contribution in [0.2, 0.25) is 0 Å². The first-order chi connectivity index (χ1) is 13.3. The van der Waals surface area contributed by atoms with Gasteiger partial charge in [-0.1, -0.05) is 18.2 Å². The number of hydrogen-bond acceptors (Lipinski definition) is 5. The Balaban J connectivity index is 2.05. The Bertz CT molecular complexity index is 915. The maximum absolute atomic E-state index is 12.5. The van der Waals surface area contributed by atoms with Crippen LogP contribution in [-0.4, -0.2) is 17.2 Å². The van der Waals surface area contributed by atoms with E-state index in [4.69, 9.17) is 11.1 Å². The molecule has 0 saturated heterocycles. The largest absolute Gasteiger partial charge is 0.416 e. The van der Waals surface area contributed by atoms with Crippen molar-refractivity contribution in [3.63, 3.8) is 0 Å². The van der Waals surface area contributed by atoms with E-state index in [0.29, 0.717) is 11.4 Å². The van der Waals surface area contributed by atoms with Crippen LogP contribution < -0.4 is 11.1 Å². The molecule has 0 fully saturated rings. The molecule has 0 unspecified atom stereocenters.